The second kappa shape index (κ2) is 8.17. The Morgan fingerprint density at radius 3 is 1.12 bits per heavy atom. The first-order chi connectivity index (χ1) is 3.35. The summed E-state index contributed by atoms with van der Waals surface area (Å²) in [7, 11) is 0.137. The van der Waals surface area contributed by atoms with E-state index in [1.165, 1.54) is 18.5 Å². The smallest absolute Gasteiger partial charge is 0.0313 e. The van der Waals surface area contributed by atoms with Gasteiger partial charge in [0.05, 0.1) is 18.5 Å². The zero-order valence-electron chi connectivity index (χ0n) is 5.92. The van der Waals surface area contributed by atoms with Gasteiger partial charge in [-0.3, -0.25) is 0 Å². The van der Waals surface area contributed by atoms with E-state index < -0.39 is 0 Å². The molecule has 0 saturated heterocycles. The van der Waals surface area contributed by atoms with Crippen LogP contribution in [0, 0.1) is 0 Å². The van der Waals surface area contributed by atoms with Gasteiger partial charge in [-0.1, -0.05) is 0 Å². The summed E-state index contributed by atoms with van der Waals surface area (Å²) in [6.07, 6.45) is 4.37. The summed E-state index contributed by atoms with van der Waals surface area (Å²) in [5.74, 6) is 0. The van der Waals surface area contributed by atoms with E-state index in [-0.39, 0.29) is 30.3 Å². The van der Waals surface area contributed by atoms with Crippen LogP contribution in [0.4, 0.5) is 0 Å². The van der Waals surface area contributed by atoms with E-state index in [4.69, 9.17) is 0 Å². The molecule has 0 atom stereocenters. The predicted molar refractivity (Wildman–Crippen MR) is 39.9 cm³/mol. The van der Waals surface area contributed by atoms with Crippen molar-refractivity contribution in [1.29, 1.82) is 0 Å². The maximum atomic E-state index is 2.31. The van der Waals surface area contributed by atoms with E-state index in [1.54, 1.807) is 0 Å². The van der Waals surface area contributed by atoms with Crippen LogP contribution < -0.4 is 0 Å². The van der Waals surface area contributed by atoms with Crippen LogP contribution in [0.25, 0.3) is 0 Å². The second-order valence-corrected chi connectivity index (χ2v) is 5.43. The maximum absolute atomic E-state index is 2.31. The molecule has 0 heterocycles. The molecule has 0 aliphatic rings. The Morgan fingerprint density at radius 1 is 0.875 bits per heavy atom. The standard InChI is InChI=1S/C6H15P.Au/c1-4-7(5-2)6-3;/h4-6H2,1-3H3;/p+1. The van der Waals surface area contributed by atoms with Crippen LogP contribution in [0.15, 0.2) is 0 Å². The Balaban J connectivity index is 0. The zero-order chi connectivity index (χ0) is 5.70. The van der Waals surface area contributed by atoms with Crippen LogP contribution in [0.1, 0.15) is 20.8 Å². The van der Waals surface area contributed by atoms with Gasteiger partial charge in [0.25, 0.3) is 0 Å². The molecule has 0 aromatic rings. The van der Waals surface area contributed by atoms with Crippen LogP contribution in [-0.2, 0) is 22.4 Å². The van der Waals surface area contributed by atoms with Crippen LogP contribution in [-0.4, -0.2) is 18.5 Å². The molecule has 0 aromatic heterocycles. The van der Waals surface area contributed by atoms with Crippen molar-refractivity contribution in [3.05, 3.63) is 0 Å². The second-order valence-electron chi connectivity index (χ2n) is 1.81. The molecule has 2 heteroatoms. The van der Waals surface area contributed by atoms with Gasteiger partial charge in [0.15, 0.2) is 0 Å². The third-order valence-electron chi connectivity index (χ3n) is 1.50. The molecule has 0 bridgehead atoms. The van der Waals surface area contributed by atoms with Crippen molar-refractivity contribution in [1.82, 2.24) is 0 Å². The monoisotopic (exact) mass is 316 g/mol. The maximum Gasteiger partial charge on any atom is 0.0543 e. The fourth-order valence-corrected chi connectivity index (χ4v) is 2.25. The molecule has 0 nitrogen and oxygen atoms in total. The largest absolute Gasteiger partial charge is 0.0543 e. The Morgan fingerprint density at radius 2 is 1.12 bits per heavy atom. The minimum atomic E-state index is 0. The molecule has 8 heavy (non-hydrogen) atoms. The van der Waals surface area contributed by atoms with Crippen molar-refractivity contribution in [3.63, 3.8) is 0 Å². The molecule has 1 radical (unpaired) electrons. The summed E-state index contributed by atoms with van der Waals surface area (Å²) >= 11 is 0. The van der Waals surface area contributed by atoms with Crippen molar-refractivity contribution in [3.8, 4) is 0 Å². The van der Waals surface area contributed by atoms with Crippen molar-refractivity contribution in [2.45, 2.75) is 20.8 Å². The summed E-state index contributed by atoms with van der Waals surface area (Å²) in [5, 5.41) is 0. The van der Waals surface area contributed by atoms with Gasteiger partial charge in [0.1, 0.15) is 0 Å². The Bertz CT molecular complexity index is 30.0. The molecule has 0 aromatic carbocycles. The molecular weight excluding hydrogens is 300 g/mol. The topological polar surface area (TPSA) is 0 Å². The van der Waals surface area contributed by atoms with Gasteiger partial charge < -0.3 is 0 Å². The quantitative estimate of drug-likeness (QED) is 0.553. The van der Waals surface area contributed by atoms with Crippen molar-refractivity contribution >= 4 is 7.92 Å². The number of hydrogen-bond acceptors (Lipinski definition) is 0. The Hall–Kier alpha value is 1.17. The molecular formula is C6H16AuP+. The van der Waals surface area contributed by atoms with Crippen LogP contribution in [0.5, 0.6) is 0 Å². The summed E-state index contributed by atoms with van der Waals surface area (Å²) in [6, 6.07) is 0. The first-order valence-electron chi connectivity index (χ1n) is 3.18. The molecule has 0 amide bonds. The molecule has 0 N–H and O–H groups in total. The Labute approximate surface area is 69.7 Å². The van der Waals surface area contributed by atoms with Crippen molar-refractivity contribution < 1.29 is 22.4 Å². The summed E-state index contributed by atoms with van der Waals surface area (Å²) in [4.78, 5) is 0. The van der Waals surface area contributed by atoms with E-state index in [1.807, 2.05) is 0 Å². The van der Waals surface area contributed by atoms with E-state index in [2.05, 4.69) is 20.8 Å². The van der Waals surface area contributed by atoms with Crippen molar-refractivity contribution in [2.75, 3.05) is 18.5 Å². The van der Waals surface area contributed by atoms with Gasteiger partial charge >= 0.3 is 0 Å². The predicted octanol–water partition coefficient (Wildman–Crippen LogP) is 2.26. The molecule has 0 saturated carbocycles. The van der Waals surface area contributed by atoms with E-state index in [9.17, 15) is 0 Å². The molecule has 55 valence electrons. The number of rotatable bonds is 3. The van der Waals surface area contributed by atoms with E-state index in [0.717, 1.165) is 0 Å². The third kappa shape index (κ3) is 5.31. The average molecular weight is 316 g/mol. The van der Waals surface area contributed by atoms with Crippen molar-refractivity contribution in [2.24, 2.45) is 0 Å². The molecule has 0 fully saturated rings. The first-order valence-corrected chi connectivity index (χ1v) is 5.30. The zero-order valence-corrected chi connectivity index (χ0v) is 9.09. The van der Waals surface area contributed by atoms with Crippen LogP contribution in [0.2, 0.25) is 0 Å². The van der Waals surface area contributed by atoms with Gasteiger partial charge in [0.2, 0.25) is 0 Å². The first kappa shape index (κ1) is 11.9. The molecule has 0 aliphatic heterocycles. The van der Waals surface area contributed by atoms with E-state index >= 15 is 0 Å². The van der Waals surface area contributed by atoms with Gasteiger partial charge in [-0.05, 0) is 28.7 Å². The normalized spacial score (nSPS) is 9.00. The molecule has 0 rings (SSSR count). The average Bonchev–Trinajstić information content (AvgIpc) is 1.72. The van der Waals surface area contributed by atoms with Gasteiger partial charge in [-0.2, -0.15) is 0 Å². The third-order valence-corrected chi connectivity index (χ3v) is 4.50. The summed E-state index contributed by atoms with van der Waals surface area (Å²) in [6.45, 7) is 6.92. The fraction of sp³-hybridized carbons (Fsp3) is 1.00. The number of hydrogen-bond donors (Lipinski definition) is 0. The van der Waals surface area contributed by atoms with Crippen LogP contribution in [0.3, 0.4) is 0 Å². The molecule has 0 aliphatic carbocycles. The summed E-state index contributed by atoms with van der Waals surface area (Å²) < 4.78 is 0. The van der Waals surface area contributed by atoms with Crippen LogP contribution >= 0.6 is 7.92 Å². The Kier molecular flexibility index (Phi) is 12.2. The SMILES string of the molecule is CC[PH+](CC)CC.[Au]. The van der Waals surface area contributed by atoms with Gasteiger partial charge in [-0.15, -0.1) is 0 Å². The fourth-order valence-electron chi connectivity index (χ4n) is 0.750. The van der Waals surface area contributed by atoms with E-state index in [0.29, 0.717) is 0 Å². The van der Waals surface area contributed by atoms with Gasteiger partial charge in [-0.25, -0.2) is 0 Å². The molecule has 0 unspecified atom stereocenters. The summed E-state index contributed by atoms with van der Waals surface area (Å²) in [5.41, 5.74) is 0. The van der Waals surface area contributed by atoms with Gasteiger partial charge in [0, 0.05) is 22.4 Å². The minimum absolute atomic E-state index is 0. The minimum Gasteiger partial charge on any atom is -0.0313 e. The molecule has 0 spiro atoms.